The van der Waals surface area contributed by atoms with Gasteiger partial charge >= 0.3 is 0 Å². The van der Waals surface area contributed by atoms with E-state index in [4.69, 9.17) is 14.7 Å². The molecule has 1 fully saturated rings. The summed E-state index contributed by atoms with van der Waals surface area (Å²) in [6.45, 7) is 4.60. The predicted octanol–water partition coefficient (Wildman–Crippen LogP) is 3.77. The van der Waals surface area contributed by atoms with Crippen molar-refractivity contribution in [3.63, 3.8) is 0 Å². The maximum absolute atomic E-state index is 8.89. The first-order valence-electron chi connectivity index (χ1n) is 6.88. The van der Waals surface area contributed by atoms with Crippen LogP contribution in [0, 0.1) is 23.2 Å². The first-order chi connectivity index (χ1) is 9.13. The van der Waals surface area contributed by atoms with E-state index >= 15 is 0 Å². The van der Waals surface area contributed by atoms with Crippen molar-refractivity contribution in [1.29, 1.82) is 5.26 Å². The molecule has 0 spiro atoms. The Hall–Kier alpha value is -1.69. The van der Waals surface area contributed by atoms with Crippen LogP contribution in [0.1, 0.15) is 38.7 Å². The molecule has 1 aromatic carbocycles. The van der Waals surface area contributed by atoms with E-state index in [2.05, 4.69) is 19.9 Å². The van der Waals surface area contributed by atoms with Gasteiger partial charge in [-0.2, -0.15) is 5.26 Å². The van der Waals surface area contributed by atoms with Crippen LogP contribution in [0.15, 0.2) is 18.2 Å². The summed E-state index contributed by atoms with van der Waals surface area (Å²) >= 11 is 0. The van der Waals surface area contributed by atoms with Crippen LogP contribution < -0.4 is 9.47 Å². The largest absolute Gasteiger partial charge is 0.493 e. The Morgan fingerprint density at radius 2 is 1.95 bits per heavy atom. The molecular weight excluding hydrogens is 238 g/mol. The second-order valence-corrected chi connectivity index (χ2v) is 5.48. The van der Waals surface area contributed by atoms with E-state index in [0.29, 0.717) is 17.2 Å². The minimum atomic E-state index is 0.257. The van der Waals surface area contributed by atoms with Gasteiger partial charge in [-0.25, -0.2) is 0 Å². The van der Waals surface area contributed by atoms with Crippen LogP contribution in [0.2, 0.25) is 0 Å². The Morgan fingerprint density at radius 3 is 2.58 bits per heavy atom. The van der Waals surface area contributed by atoms with Crippen molar-refractivity contribution < 1.29 is 9.47 Å². The lowest BCUT2D eigenvalue weighted by Crippen LogP contribution is -2.28. The normalized spacial score (nSPS) is 26.5. The molecule has 0 heterocycles. The Labute approximate surface area is 115 Å². The molecule has 0 bridgehead atoms. The Morgan fingerprint density at radius 1 is 1.16 bits per heavy atom. The molecule has 3 unspecified atom stereocenters. The van der Waals surface area contributed by atoms with Crippen molar-refractivity contribution >= 4 is 0 Å². The fraction of sp³-hybridized carbons (Fsp3) is 0.562. The quantitative estimate of drug-likeness (QED) is 0.829. The van der Waals surface area contributed by atoms with Gasteiger partial charge in [0.1, 0.15) is 0 Å². The van der Waals surface area contributed by atoms with Crippen LogP contribution in [-0.2, 0) is 0 Å². The van der Waals surface area contributed by atoms with Gasteiger partial charge in [0.25, 0.3) is 0 Å². The highest BCUT2D eigenvalue weighted by Gasteiger charge is 2.26. The van der Waals surface area contributed by atoms with Crippen molar-refractivity contribution in [3.8, 4) is 17.6 Å². The lowest BCUT2D eigenvalue weighted by molar-refractivity contribution is 0.0977. The van der Waals surface area contributed by atoms with E-state index in [1.807, 2.05) is 6.07 Å². The van der Waals surface area contributed by atoms with Gasteiger partial charge in [-0.15, -0.1) is 0 Å². The third-order valence-electron chi connectivity index (χ3n) is 4.14. The molecule has 19 heavy (non-hydrogen) atoms. The summed E-state index contributed by atoms with van der Waals surface area (Å²) in [7, 11) is 1.61. The van der Waals surface area contributed by atoms with Gasteiger partial charge in [0.2, 0.25) is 0 Å². The van der Waals surface area contributed by atoms with E-state index < -0.39 is 0 Å². The Balaban J connectivity index is 2.09. The van der Waals surface area contributed by atoms with Gasteiger partial charge in [-0.3, -0.25) is 0 Å². The molecule has 102 valence electrons. The number of ether oxygens (including phenoxy) is 2. The molecule has 3 nitrogen and oxygen atoms in total. The summed E-state index contributed by atoms with van der Waals surface area (Å²) in [5.41, 5.74) is 0.592. The van der Waals surface area contributed by atoms with Crippen LogP contribution in [-0.4, -0.2) is 13.2 Å². The molecule has 1 saturated carbocycles. The number of hydrogen-bond acceptors (Lipinski definition) is 3. The number of rotatable bonds is 3. The fourth-order valence-corrected chi connectivity index (χ4v) is 2.62. The molecule has 0 aliphatic heterocycles. The third-order valence-corrected chi connectivity index (χ3v) is 4.14. The van der Waals surface area contributed by atoms with Crippen molar-refractivity contribution in [3.05, 3.63) is 23.8 Å². The molecule has 3 atom stereocenters. The van der Waals surface area contributed by atoms with Crippen molar-refractivity contribution in [1.82, 2.24) is 0 Å². The van der Waals surface area contributed by atoms with Crippen molar-refractivity contribution in [2.24, 2.45) is 11.8 Å². The minimum absolute atomic E-state index is 0.257. The zero-order valence-corrected chi connectivity index (χ0v) is 11.8. The molecule has 3 heteroatoms. The first kappa shape index (κ1) is 13.7. The van der Waals surface area contributed by atoms with E-state index in [-0.39, 0.29) is 6.10 Å². The lowest BCUT2D eigenvalue weighted by Gasteiger charge is -2.32. The smallest absolute Gasteiger partial charge is 0.162 e. The number of methoxy groups -OCH3 is 1. The second-order valence-electron chi connectivity index (χ2n) is 5.48. The number of nitriles is 1. The maximum atomic E-state index is 8.89. The number of benzene rings is 1. The van der Waals surface area contributed by atoms with Gasteiger partial charge in [-0.05, 0) is 43.2 Å². The summed E-state index contributed by atoms with van der Waals surface area (Å²) in [4.78, 5) is 0. The molecule has 2 rings (SSSR count). The maximum Gasteiger partial charge on any atom is 0.162 e. The predicted molar refractivity (Wildman–Crippen MR) is 74.3 cm³/mol. The highest BCUT2D eigenvalue weighted by Crippen LogP contribution is 2.35. The van der Waals surface area contributed by atoms with Gasteiger partial charge in [0.05, 0.1) is 24.8 Å². The fourth-order valence-electron chi connectivity index (χ4n) is 2.62. The van der Waals surface area contributed by atoms with E-state index in [1.165, 1.54) is 6.42 Å². The van der Waals surface area contributed by atoms with E-state index in [0.717, 1.165) is 24.5 Å². The molecule has 0 aromatic heterocycles. The Bertz CT molecular complexity index is 478. The third kappa shape index (κ3) is 3.20. The monoisotopic (exact) mass is 259 g/mol. The highest BCUT2D eigenvalue weighted by molar-refractivity contribution is 5.46. The molecule has 0 saturated heterocycles. The lowest BCUT2D eigenvalue weighted by atomic mass is 9.80. The van der Waals surface area contributed by atoms with Gasteiger partial charge < -0.3 is 9.47 Å². The van der Waals surface area contributed by atoms with Gasteiger partial charge in [-0.1, -0.05) is 13.8 Å². The van der Waals surface area contributed by atoms with Crippen LogP contribution in [0.3, 0.4) is 0 Å². The molecular formula is C16H21NO2. The SMILES string of the molecule is COc1cc(C#N)ccc1OC1CCC(C)C(C)C1. The summed E-state index contributed by atoms with van der Waals surface area (Å²) < 4.78 is 11.4. The van der Waals surface area contributed by atoms with Gasteiger partial charge in [0, 0.05) is 6.07 Å². The first-order valence-corrected chi connectivity index (χ1v) is 6.88. The number of hydrogen-bond donors (Lipinski definition) is 0. The van der Waals surface area contributed by atoms with Crippen molar-refractivity contribution in [2.45, 2.75) is 39.2 Å². The van der Waals surface area contributed by atoms with Crippen LogP contribution >= 0.6 is 0 Å². The standard InChI is InChI=1S/C16H21NO2/c1-11-4-6-14(8-12(11)2)19-15-7-5-13(10-17)9-16(15)18-3/h5,7,9,11-12,14H,4,6,8H2,1-3H3. The summed E-state index contributed by atoms with van der Waals surface area (Å²) in [5, 5.41) is 8.89. The van der Waals surface area contributed by atoms with Crippen LogP contribution in [0.25, 0.3) is 0 Å². The summed E-state index contributed by atoms with van der Waals surface area (Å²) in [6, 6.07) is 7.44. The average Bonchev–Trinajstić information content (AvgIpc) is 2.43. The zero-order valence-electron chi connectivity index (χ0n) is 11.8. The average molecular weight is 259 g/mol. The van der Waals surface area contributed by atoms with Crippen LogP contribution in [0.5, 0.6) is 11.5 Å². The zero-order chi connectivity index (χ0) is 13.8. The minimum Gasteiger partial charge on any atom is -0.493 e. The molecule has 0 N–H and O–H groups in total. The summed E-state index contributed by atoms with van der Waals surface area (Å²) in [6.07, 6.45) is 3.65. The van der Waals surface area contributed by atoms with Gasteiger partial charge in [0.15, 0.2) is 11.5 Å². The van der Waals surface area contributed by atoms with E-state index in [1.54, 1.807) is 19.2 Å². The Kier molecular flexibility index (Phi) is 4.31. The summed E-state index contributed by atoms with van der Waals surface area (Å²) in [5.74, 6) is 2.87. The number of nitrogens with zero attached hydrogens (tertiary/aromatic N) is 1. The molecule has 1 aliphatic carbocycles. The van der Waals surface area contributed by atoms with Crippen molar-refractivity contribution in [2.75, 3.05) is 7.11 Å². The van der Waals surface area contributed by atoms with Crippen LogP contribution in [0.4, 0.5) is 0 Å². The van der Waals surface area contributed by atoms with E-state index in [9.17, 15) is 0 Å². The molecule has 1 aliphatic rings. The second kappa shape index (κ2) is 5.97. The highest BCUT2D eigenvalue weighted by atomic mass is 16.5. The molecule has 0 radical (unpaired) electrons. The molecule has 1 aromatic rings. The molecule has 0 amide bonds. The topological polar surface area (TPSA) is 42.2 Å².